The Morgan fingerprint density at radius 3 is 2.94 bits per heavy atom. The Morgan fingerprint density at radius 1 is 1.23 bits per heavy atom. The highest BCUT2D eigenvalue weighted by Gasteiger charge is 2.32. The summed E-state index contributed by atoms with van der Waals surface area (Å²) >= 11 is 0. The van der Waals surface area contributed by atoms with Crippen molar-refractivity contribution in [2.45, 2.75) is 18.9 Å². The first kappa shape index (κ1) is 19.4. The second-order valence-corrected chi connectivity index (χ2v) is 7.59. The number of H-pyrrole nitrogens is 1. The fourth-order valence-electron chi connectivity index (χ4n) is 3.68. The Bertz CT molecular complexity index is 1180. The van der Waals surface area contributed by atoms with Crippen molar-refractivity contribution in [3.05, 3.63) is 77.8 Å². The van der Waals surface area contributed by atoms with Gasteiger partial charge in [0.05, 0.1) is 29.2 Å². The van der Waals surface area contributed by atoms with Gasteiger partial charge in [-0.3, -0.25) is 9.78 Å². The minimum Gasteiger partial charge on any atom is -0.448 e. The maximum Gasteiger partial charge on any atom is 0.273 e. The summed E-state index contributed by atoms with van der Waals surface area (Å²) in [6.07, 6.45) is 3.66. The van der Waals surface area contributed by atoms with Gasteiger partial charge >= 0.3 is 0 Å². The van der Waals surface area contributed by atoms with Crippen molar-refractivity contribution in [1.82, 2.24) is 30.2 Å². The zero-order chi connectivity index (χ0) is 21.2. The number of carbonyl (C=O) groups is 1. The number of halogens is 1. The lowest BCUT2D eigenvalue weighted by Gasteiger charge is -2.37. The number of hydrogen-bond donors (Lipinski definition) is 2. The molecule has 5 rings (SSSR count). The minimum absolute atomic E-state index is 0.00725. The fourth-order valence-corrected chi connectivity index (χ4v) is 3.68. The van der Waals surface area contributed by atoms with Crippen LogP contribution in [0.25, 0.3) is 11.0 Å². The molecule has 0 spiro atoms. The van der Waals surface area contributed by atoms with Gasteiger partial charge in [0, 0.05) is 32.3 Å². The summed E-state index contributed by atoms with van der Waals surface area (Å²) in [6, 6.07) is 10.8. The average Bonchev–Trinajstić information content (AvgIpc) is 3.39. The molecule has 1 aliphatic heterocycles. The van der Waals surface area contributed by atoms with Crippen LogP contribution in [0.1, 0.15) is 33.8 Å². The van der Waals surface area contributed by atoms with Crippen molar-refractivity contribution in [3.8, 4) is 0 Å². The van der Waals surface area contributed by atoms with Gasteiger partial charge in [0.2, 0.25) is 0 Å². The molecule has 1 amide bonds. The quantitative estimate of drug-likeness (QED) is 0.477. The van der Waals surface area contributed by atoms with Crippen molar-refractivity contribution < 1.29 is 13.6 Å². The van der Waals surface area contributed by atoms with Crippen molar-refractivity contribution in [2.24, 2.45) is 0 Å². The highest BCUT2D eigenvalue weighted by atomic mass is 19.1. The molecule has 1 aromatic carbocycles. The fraction of sp³-hybridized carbons (Fsp3) is 0.273. The Kier molecular flexibility index (Phi) is 5.17. The van der Waals surface area contributed by atoms with E-state index in [0.717, 1.165) is 42.9 Å². The third kappa shape index (κ3) is 4.17. The molecule has 0 bridgehead atoms. The van der Waals surface area contributed by atoms with Gasteiger partial charge in [-0.25, -0.2) is 14.4 Å². The van der Waals surface area contributed by atoms with Gasteiger partial charge < -0.3 is 19.6 Å². The molecule has 8 nitrogen and oxygen atoms in total. The summed E-state index contributed by atoms with van der Waals surface area (Å²) in [5.41, 5.74) is 2.40. The molecule has 4 aromatic rings. The zero-order valence-corrected chi connectivity index (χ0v) is 16.7. The van der Waals surface area contributed by atoms with Crippen LogP contribution in [0.4, 0.5) is 4.39 Å². The number of hydrogen-bond acceptors (Lipinski definition) is 6. The number of carbonyl (C=O) groups excluding carboxylic acids is 1. The van der Waals surface area contributed by atoms with Crippen molar-refractivity contribution in [2.75, 3.05) is 19.6 Å². The van der Waals surface area contributed by atoms with Crippen LogP contribution in [0.15, 0.2) is 53.3 Å². The molecule has 4 heterocycles. The van der Waals surface area contributed by atoms with Gasteiger partial charge in [-0.2, -0.15) is 0 Å². The third-order valence-electron chi connectivity index (χ3n) is 5.42. The normalized spacial score (nSPS) is 14.6. The number of nitrogens with one attached hydrogen (secondary N) is 2. The first-order valence-electron chi connectivity index (χ1n) is 10.1. The lowest BCUT2D eigenvalue weighted by Crippen LogP contribution is -2.46. The minimum atomic E-state index is -0.458. The first-order valence-corrected chi connectivity index (χ1v) is 10.1. The second-order valence-electron chi connectivity index (χ2n) is 7.59. The van der Waals surface area contributed by atoms with E-state index < -0.39 is 11.7 Å². The number of amides is 1. The Morgan fingerprint density at radius 2 is 2.10 bits per heavy atom. The monoisotopic (exact) mass is 420 g/mol. The van der Waals surface area contributed by atoms with Crippen LogP contribution in [-0.2, 0) is 13.0 Å². The number of oxazole rings is 1. The molecule has 1 saturated heterocycles. The van der Waals surface area contributed by atoms with E-state index in [1.54, 1.807) is 0 Å². The number of fused-ring (bicyclic) bond motifs is 1. The number of pyridine rings is 1. The standard InChI is InChI=1S/C22H21FN6O2/c23-15-4-3-8-24-18(15)10-25-21(30)19-13-31-22(28-19)14-11-29(12-14)9-7-20-26-16-5-1-2-6-17(16)27-20/h1-6,8,13-14H,7,9-12H2,(H,25,30)(H,26,27). The lowest BCUT2D eigenvalue weighted by atomic mass is 10.00. The van der Waals surface area contributed by atoms with Crippen LogP contribution < -0.4 is 5.32 Å². The Balaban J connectivity index is 1.10. The topological polar surface area (TPSA) is 99.9 Å². The molecule has 158 valence electrons. The summed E-state index contributed by atoms with van der Waals surface area (Å²) < 4.78 is 19.1. The number of likely N-dealkylation sites (tertiary alicyclic amines) is 1. The molecule has 0 saturated carbocycles. The van der Waals surface area contributed by atoms with E-state index >= 15 is 0 Å². The molecule has 0 unspecified atom stereocenters. The Labute approximate surface area is 177 Å². The highest BCUT2D eigenvalue weighted by Crippen LogP contribution is 2.26. The highest BCUT2D eigenvalue weighted by molar-refractivity contribution is 5.91. The molecular formula is C22H21FN6O2. The van der Waals surface area contributed by atoms with E-state index in [1.807, 2.05) is 24.3 Å². The van der Waals surface area contributed by atoms with Gasteiger partial charge in [0.25, 0.3) is 5.91 Å². The summed E-state index contributed by atoms with van der Waals surface area (Å²) in [5.74, 6) is 0.811. The number of rotatable bonds is 7. The van der Waals surface area contributed by atoms with Gasteiger partial charge in [-0.1, -0.05) is 12.1 Å². The molecule has 0 radical (unpaired) electrons. The zero-order valence-electron chi connectivity index (χ0n) is 16.7. The number of para-hydroxylation sites is 2. The smallest absolute Gasteiger partial charge is 0.273 e. The molecule has 9 heteroatoms. The van der Waals surface area contributed by atoms with Crippen LogP contribution in [0, 0.1) is 5.82 Å². The SMILES string of the molecule is O=C(NCc1ncccc1F)c1coc(C2CN(CCc3nc4ccccc4[nH]3)C2)n1. The number of aromatic nitrogens is 4. The van der Waals surface area contributed by atoms with E-state index in [-0.39, 0.29) is 23.9 Å². The number of imidazole rings is 1. The van der Waals surface area contributed by atoms with Crippen molar-refractivity contribution >= 4 is 16.9 Å². The van der Waals surface area contributed by atoms with E-state index in [2.05, 4.69) is 30.2 Å². The van der Waals surface area contributed by atoms with Crippen LogP contribution in [0.5, 0.6) is 0 Å². The van der Waals surface area contributed by atoms with E-state index in [1.165, 1.54) is 24.6 Å². The molecule has 0 aliphatic carbocycles. The molecule has 2 N–H and O–H groups in total. The molecule has 31 heavy (non-hydrogen) atoms. The first-order chi connectivity index (χ1) is 15.2. The molecule has 1 aliphatic rings. The molecule has 3 aromatic heterocycles. The van der Waals surface area contributed by atoms with Crippen LogP contribution in [-0.4, -0.2) is 50.4 Å². The predicted molar refractivity (Wildman–Crippen MR) is 111 cm³/mol. The third-order valence-corrected chi connectivity index (χ3v) is 5.42. The van der Waals surface area contributed by atoms with Crippen LogP contribution in [0.3, 0.4) is 0 Å². The van der Waals surface area contributed by atoms with Gasteiger partial charge in [0.15, 0.2) is 11.6 Å². The summed E-state index contributed by atoms with van der Waals surface area (Å²) in [6.45, 7) is 2.52. The maximum absolute atomic E-state index is 13.6. The number of aromatic amines is 1. The summed E-state index contributed by atoms with van der Waals surface area (Å²) in [4.78, 5) is 30.7. The number of nitrogens with zero attached hydrogens (tertiary/aromatic N) is 4. The summed E-state index contributed by atoms with van der Waals surface area (Å²) in [5, 5.41) is 2.62. The molecule has 1 fully saturated rings. The van der Waals surface area contributed by atoms with Gasteiger partial charge in [0.1, 0.15) is 17.9 Å². The van der Waals surface area contributed by atoms with E-state index in [4.69, 9.17) is 4.42 Å². The van der Waals surface area contributed by atoms with E-state index in [0.29, 0.717) is 5.89 Å². The Hall–Kier alpha value is -3.59. The number of benzene rings is 1. The largest absolute Gasteiger partial charge is 0.448 e. The van der Waals surface area contributed by atoms with Crippen LogP contribution in [0.2, 0.25) is 0 Å². The van der Waals surface area contributed by atoms with Gasteiger partial charge in [-0.05, 0) is 24.3 Å². The van der Waals surface area contributed by atoms with Crippen molar-refractivity contribution in [3.63, 3.8) is 0 Å². The van der Waals surface area contributed by atoms with E-state index in [9.17, 15) is 9.18 Å². The van der Waals surface area contributed by atoms with Crippen LogP contribution >= 0.6 is 0 Å². The second kappa shape index (κ2) is 8.27. The molecule has 0 atom stereocenters. The maximum atomic E-state index is 13.6. The van der Waals surface area contributed by atoms with Gasteiger partial charge in [-0.15, -0.1) is 0 Å². The lowest BCUT2D eigenvalue weighted by molar-refractivity contribution is 0.0944. The van der Waals surface area contributed by atoms with Crippen molar-refractivity contribution in [1.29, 1.82) is 0 Å². The predicted octanol–water partition coefficient (Wildman–Crippen LogP) is 2.66. The molecular weight excluding hydrogens is 399 g/mol. The average molecular weight is 420 g/mol. The summed E-state index contributed by atoms with van der Waals surface area (Å²) in [7, 11) is 0.